The van der Waals surface area contributed by atoms with Crippen molar-refractivity contribution in [1.29, 1.82) is 0 Å². The van der Waals surface area contributed by atoms with Gasteiger partial charge in [-0.05, 0) is 12.8 Å². The summed E-state index contributed by atoms with van der Waals surface area (Å²) in [7, 11) is 1.73. The molecule has 2 aromatic rings. The number of hydrogen-bond acceptors (Lipinski definition) is 6. The predicted molar refractivity (Wildman–Crippen MR) is 88.6 cm³/mol. The number of hydrogen-bond donors (Lipinski definition) is 2. The summed E-state index contributed by atoms with van der Waals surface area (Å²) in [5.41, 5.74) is 0.871. The second-order valence-electron chi connectivity index (χ2n) is 5.55. The molecule has 0 aromatic carbocycles. The maximum atomic E-state index is 12.0. The smallest absolute Gasteiger partial charge is 0.314 e. The minimum Gasteiger partial charge on any atom is -0.381 e. The number of anilines is 1. The van der Waals surface area contributed by atoms with Crippen molar-refractivity contribution in [3.05, 3.63) is 28.3 Å². The van der Waals surface area contributed by atoms with Gasteiger partial charge in [-0.1, -0.05) is 0 Å². The first-order chi connectivity index (χ1) is 11.6. The van der Waals surface area contributed by atoms with E-state index in [2.05, 4.69) is 20.7 Å². The van der Waals surface area contributed by atoms with Gasteiger partial charge in [-0.25, -0.2) is 4.98 Å². The van der Waals surface area contributed by atoms with Crippen LogP contribution in [-0.4, -0.2) is 39.8 Å². The Hall–Kier alpha value is -2.26. The first-order valence-corrected chi connectivity index (χ1v) is 8.60. The molecule has 0 saturated carbocycles. The summed E-state index contributed by atoms with van der Waals surface area (Å²) in [6.07, 6.45) is 3.67. The van der Waals surface area contributed by atoms with Gasteiger partial charge in [0.15, 0.2) is 0 Å². The van der Waals surface area contributed by atoms with Crippen LogP contribution in [0.3, 0.4) is 0 Å². The van der Waals surface area contributed by atoms with E-state index in [4.69, 9.17) is 4.74 Å². The number of amides is 2. The highest BCUT2D eigenvalue weighted by atomic mass is 32.1. The molecule has 3 heterocycles. The van der Waals surface area contributed by atoms with E-state index in [9.17, 15) is 9.59 Å². The molecule has 3 rings (SSSR count). The van der Waals surface area contributed by atoms with Crippen molar-refractivity contribution in [2.24, 2.45) is 7.05 Å². The van der Waals surface area contributed by atoms with E-state index in [1.807, 2.05) is 5.38 Å². The summed E-state index contributed by atoms with van der Waals surface area (Å²) in [5, 5.41) is 12.1. The van der Waals surface area contributed by atoms with Crippen LogP contribution in [0, 0.1) is 0 Å². The van der Waals surface area contributed by atoms with E-state index < -0.39 is 11.8 Å². The van der Waals surface area contributed by atoms with Crippen LogP contribution in [0.5, 0.6) is 0 Å². The highest BCUT2D eigenvalue weighted by Gasteiger charge is 2.21. The highest BCUT2D eigenvalue weighted by molar-refractivity contribution is 7.09. The molecule has 24 heavy (non-hydrogen) atoms. The van der Waals surface area contributed by atoms with Gasteiger partial charge < -0.3 is 15.4 Å². The minimum atomic E-state index is -0.721. The number of carbonyl (C=O) groups is 2. The van der Waals surface area contributed by atoms with E-state index >= 15 is 0 Å². The van der Waals surface area contributed by atoms with Crippen molar-refractivity contribution in [2.45, 2.75) is 25.3 Å². The van der Waals surface area contributed by atoms with Gasteiger partial charge in [-0.15, -0.1) is 11.3 Å². The summed E-state index contributed by atoms with van der Waals surface area (Å²) < 4.78 is 7.03. The van der Waals surface area contributed by atoms with Crippen LogP contribution in [0.1, 0.15) is 29.5 Å². The van der Waals surface area contributed by atoms with Gasteiger partial charge in [0, 0.05) is 37.2 Å². The number of ether oxygens (including phenoxy) is 1. The first-order valence-electron chi connectivity index (χ1n) is 7.72. The third-order valence-electron chi connectivity index (χ3n) is 3.81. The molecule has 0 spiro atoms. The molecule has 0 bridgehead atoms. The fourth-order valence-corrected chi connectivity index (χ4v) is 3.09. The van der Waals surface area contributed by atoms with E-state index in [1.165, 1.54) is 11.3 Å². The normalized spacial score (nSPS) is 17.5. The minimum absolute atomic E-state index is 0.231. The molecule has 2 aromatic heterocycles. The number of nitrogens with zero attached hydrogens (tertiary/aromatic N) is 3. The van der Waals surface area contributed by atoms with Crippen LogP contribution < -0.4 is 10.6 Å². The third-order valence-corrected chi connectivity index (χ3v) is 4.59. The second kappa shape index (κ2) is 7.54. The number of carbonyl (C=O) groups excluding carboxylic acids is 2. The number of nitrogens with one attached hydrogen (secondary N) is 2. The standard InChI is InChI=1S/C15H19N5O3S/c1-20-12(7-11(19-20)10-3-2-5-23-9-10)18-15(22)14(21)17-8-13-16-4-6-24-13/h4,6-7,10H,2-3,5,8-9H2,1H3,(H,17,21)(H,18,22). The number of thiazole rings is 1. The van der Waals surface area contributed by atoms with Crippen molar-refractivity contribution in [3.63, 3.8) is 0 Å². The molecule has 9 heteroatoms. The van der Waals surface area contributed by atoms with Crippen LogP contribution in [0.15, 0.2) is 17.6 Å². The molecular weight excluding hydrogens is 330 g/mol. The molecule has 1 aliphatic rings. The Labute approximate surface area is 143 Å². The molecule has 1 fully saturated rings. The lowest BCUT2D eigenvalue weighted by Gasteiger charge is -2.19. The summed E-state index contributed by atoms with van der Waals surface area (Å²) in [4.78, 5) is 27.9. The van der Waals surface area contributed by atoms with Gasteiger partial charge in [-0.2, -0.15) is 5.10 Å². The molecule has 128 valence electrons. The largest absolute Gasteiger partial charge is 0.381 e. The average molecular weight is 349 g/mol. The van der Waals surface area contributed by atoms with Crippen LogP contribution in [0.25, 0.3) is 0 Å². The first kappa shape index (κ1) is 16.6. The Morgan fingerprint density at radius 1 is 1.46 bits per heavy atom. The Morgan fingerprint density at radius 3 is 3.04 bits per heavy atom. The molecule has 0 aliphatic carbocycles. The lowest BCUT2D eigenvalue weighted by Crippen LogP contribution is -2.35. The molecule has 0 radical (unpaired) electrons. The Bertz CT molecular complexity index is 707. The summed E-state index contributed by atoms with van der Waals surface area (Å²) in [6.45, 7) is 1.66. The van der Waals surface area contributed by atoms with Gasteiger partial charge >= 0.3 is 11.8 Å². The Kier molecular flexibility index (Phi) is 5.21. The van der Waals surface area contributed by atoms with Crippen LogP contribution in [0.2, 0.25) is 0 Å². The quantitative estimate of drug-likeness (QED) is 0.803. The fourth-order valence-electron chi connectivity index (χ4n) is 2.53. The molecule has 1 saturated heterocycles. The summed E-state index contributed by atoms with van der Waals surface area (Å²) in [5.74, 6) is -0.700. The molecule has 8 nitrogen and oxygen atoms in total. The third kappa shape index (κ3) is 3.98. The van der Waals surface area contributed by atoms with E-state index in [0.717, 1.165) is 30.2 Å². The highest BCUT2D eigenvalue weighted by Crippen LogP contribution is 2.26. The zero-order valence-electron chi connectivity index (χ0n) is 13.3. The SMILES string of the molecule is Cn1nc(C2CCCOC2)cc1NC(=O)C(=O)NCc1nccs1. The average Bonchev–Trinajstić information content (AvgIpc) is 3.24. The lowest BCUT2D eigenvalue weighted by molar-refractivity contribution is -0.136. The Morgan fingerprint density at radius 2 is 2.33 bits per heavy atom. The van der Waals surface area contributed by atoms with Gasteiger partial charge in [0.1, 0.15) is 10.8 Å². The van der Waals surface area contributed by atoms with Crippen molar-refractivity contribution in [2.75, 3.05) is 18.5 Å². The summed E-state index contributed by atoms with van der Waals surface area (Å²) >= 11 is 1.42. The van der Waals surface area contributed by atoms with Crippen molar-refractivity contribution >= 4 is 29.0 Å². The molecule has 1 unspecified atom stereocenters. The van der Waals surface area contributed by atoms with E-state index in [-0.39, 0.29) is 12.5 Å². The number of rotatable bonds is 4. The molecule has 1 aliphatic heterocycles. The lowest BCUT2D eigenvalue weighted by atomic mass is 9.99. The van der Waals surface area contributed by atoms with E-state index in [0.29, 0.717) is 12.4 Å². The zero-order valence-corrected chi connectivity index (χ0v) is 14.1. The maximum Gasteiger partial charge on any atom is 0.314 e. The summed E-state index contributed by atoms with van der Waals surface area (Å²) in [6, 6.07) is 1.80. The Balaban J connectivity index is 1.57. The van der Waals surface area contributed by atoms with Crippen molar-refractivity contribution < 1.29 is 14.3 Å². The monoisotopic (exact) mass is 349 g/mol. The predicted octanol–water partition coefficient (Wildman–Crippen LogP) is 1.03. The fraction of sp³-hybridized carbons (Fsp3) is 0.467. The molecule has 2 N–H and O–H groups in total. The maximum absolute atomic E-state index is 12.0. The zero-order chi connectivity index (χ0) is 16.9. The van der Waals surface area contributed by atoms with Gasteiger partial charge in [-0.3, -0.25) is 14.3 Å². The molecular formula is C15H19N5O3S. The van der Waals surface area contributed by atoms with Gasteiger partial charge in [0.05, 0.1) is 18.8 Å². The number of aromatic nitrogens is 3. The van der Waals surface area contributed by atoms with Crippen LogP contribution in [-0.2, 0) is 27.9 Å². The molecule has 2 amide bonds. The number of aryl methyl sites for hydroxylation is 1. The van der Waals surface area contributed by atoms with Gasteiger partial charge in [0.25, 0.3) is 0 Å². The van der Waals surface area contributed by atoms with Crippen molar-refractivity contribution in [1.82, 2.24) is 20.1 Å². The van der Waals surface area contributed by atoms with Crippen LogP contribution in [0.4, 0.5) is 5.82 Å². The second-order valence-corrected chi connectivity index (χ2v) is 6.53. The van der Waals surface area contributed by atoms with Crippen molar-refractivity contribution in [3.8, 4) is 0 Å². The molecule has 1 atom stereocenters. The van der Waals surface area contributed by atoms with Gasteiger partial charge in [0.2, 0.25) is 0 Å². The van der Waals surface area contributed by atoms with E-state index in [1.54, 1.807) is 24.0 Å². The topological polar surface area (TPSA) is 98.1 Å². The van der Waals surface area contributed by atoms with Crippen LogP contribution >= 0.6 is 11.3 Å².